The Bertz CT molecular complexity index is 377. The molecule has 82 valence electrons. The van der Waals surface area contributed by atoms with Gasteiger partial charge in [-0.25, -0.2) is 4.79 Å². The first kappa shape index (κ1) is 12.5. The van der Waals surface area contributed by atoms with E-state index in [0.29, 0.717) is 16.6 Å². The van der Waals surface area contributed by atoms with E-state index in [-0.39, 0.29) is 5.97 Å². The Labute approximate surface area is 105 Å². The summed E-state index contributed by atoms with van der Waals surface area (Å²) in [5.74, 6) is 0.338. The second-order valence-corrected chi connectivity index (χ2v) is 4.09. The van der Waals surface area contributed by atoms with E-state index in [4.69, 9.17) is 4.74 Å². The summed E-state index contributed by atoms with van der Waals surface area (Å²) in [6, 6.07) is 3.41. The predicted molar refractivity (Wildman–Crippen MR) is 64.7 cm³/mol. The van der Waals surface area contributed by atoms with Gasteiger partial charge in [0.25, 0.3) is 0 Å². The third kappa shape index (κ3) is 2.52. The van der Waals surface area contributed by atoms with Crippen LogP contribution in [0, 0.1) is 0 Å². The summed E-state index contributed by atoms with van der Waals surface area (Å²) in [5, 5.41) is 0.551. The maximum absolute atomic E-state index is 11.4. The van der Waals surface area contributed by atoms with Crippen molar-refractivity contribution in [3.8, 4) is 5.75 Å². The van der Waals surface area contributed by atoms with Crippen LogP contribution in [-0.4, -0.2) is 20.2 Å². The van der Waals surface area contributed by atoms with Crippen LogP contribution in [0.5, 0.6) is 5.75 Å². The molecular formula is C10H10Br2O3. The van der Waals surface area contributed by atoms with E-state index < -0.39 is 0 Å². The molecule has 0 spiro atoms. The van der Waals surface area contributed by atoms with Gasteiger partial charge in [-0.05, 0) is 33.6 Å². The third-order valence-corrected chi connectivity index (χ3v) is 3.40. The predicted octanol–water partition coefficient (Wildman–Crippen LogP) is 3.14. The van der Waals surface area contributed by atoms with E-state index in [9.17, 15) is 4.79 Å². The SMILES string of the molecule is COC(=O)c1ccc(OC)c(Br)c1CBr. The van der Waals surface area contributed by atoms with Crippen LogP contribution < -0.4 is 4.74 Å². The zero-order valence-electron chi connectivity index (χ0n) is 8.34. The van der Waals surface area contributed by atoms with Crippen LogP contribution in [-0.2, 0) is 10.1 Å². The summed E-state index contributed by atoms with van der Waals surface area (Å²) >= 11 is 6.71. The fraction of sp³-hybridized carbons (Fsp3) is 0.300. The first-order valence-electron chi connectivity index (χ1n) is 4.15. The van der Waals surface area contributed by atoms with Crippen LogP contribution in [0.3, 0.4) is 0 Å². The van der Waals surface area contributed by atoms with Crippen LogP contribution in [0.4, 0.5) is 0 Å². The van der Waals surface area contributed by atoms with Gasteiger partial charge in [-0.1, -0.05) is 15.9 Å². The van der Waals surface area contributed by atoms with Gasteiger partial charge in [-0.3, -0.25) is 0 Å². The van der Waals surface area contributed by atoms with Gasteiger partial charge in [-0.2, -0.15) is 0 Å². The molecule has 0 bridgehead atoms. The number of hydrogen-bond acceptors (Lipinski definition) is 3. The molecule has 0 atom stereocenters. The zero-order valence-corrected chi connectivity index (χ0v) is 11.5. The standard InChI is InChI=1S/C10H10Br2O3/c1-14-8-4-3-6(10(13)15-2)7(5-11)9(8)12/h3-4H,5H2,1-2H3. The third-order valence-electron chi connectivity index (χ3n) is 1.97. The normalized spacial score (nSPS) is 9.87. The lowest BCUT2D eigenvalue weighted by Crippen LogP contribution is -2.06. The van der Waals surface area contributed by atoms with Crippen molar-refractivity contribution in [1.29, 1.82) is 0 Å². The van der Waals surface area contributed by atoms with Gasteiger partial charge >= 0.3 is 5.97 Å². The van der Waals surface area contributed by atoms with E-state index in [0.717, 1.165) is 10.0 Å². The molecule has 0 radical (unpaired) electrons. The number of ether oxygens (including phenoxy) is 2. The Morgan fingerprint density at radius 3 is 2.53 bits per heavy atom. The average Bonchev–Trinajstić information content (AvgIpc) is 2.27. The minimum Gasteiger partial charge on any atom is -0.496 e. The van der Waals surface area contributed by atoms with Crippen LogP contribution in [0.2, 0.25) is 0 Å². The van der Waals surface area contributed by atoms with Crippen molar-refractivity contribution in [1.82, 2.24) is 0 Å². The van der Waals surface area contributed by atoms with Crippen molar-refractivity contribution in [2.75, 3.05) is 14.2 Å². The van der Waals surface area contributed by atoms with Gasteiger partial charge < -0.3 is 9.47 Å². The van der Waals surface area contributed by atoms with Crippen LogP contribution in [0.15, 0.2) is 16.6 Å². The summed E-state index contributed by atoms with van der Waals surface area (Å²) in [7, 11) is 2.94. The Kier molecular flexibility index (Phi) is 4.60. The van der Waals surface area contributed by atoms with E-state index >= 15 is 0 Å². The van der Waals surface area contributed by atoms with Crippen molar-refractivity contribution < 1.29 is 14.3 Å². The number of halogens is 2. The molecule has 0 aliphatic rings. The zero-order chi connectivity index (χ0) is 11.4. The van der Waals surface area contributed by atoms with E-state index in [1.807, 2.05) is 0 Å². The number of carbonyl (C=O) groups excluding carboxylic acids is 1. The Morgan fingerprint density at radius 1 is 1.40 bits per heavy atom. The minimum absolute atomic E-state index is 0.354. The summed E-state index contributed by atoms with van der Waals surface area (Å²) in [4.78, 5) is 11.4. The molecule has 0 saturated carbocycles. The lowest BCUT2D eigenvalue weighted by molar-refractivity contribution is 0.0599. The van der Waals surface area contributed by atoms with Crippen LogP contribution >= 0.6 is 31.9 Å². The molecule has 5 heteroatoms. The highest BCUT2D eigenvalue weighted by atomic mass is 79.9. The number of benzene rings is 1. The van der Waals surface area contributed by atoms with Crippen molar-refractivity contribution in [2.45, 2.75) is 5.33 Å². The fourth-order valence-electron chi connectivity index (χ4n) is 1.19. The highest BCUT2D eigenvalue weighted by molar-refractivity contribution is 9.11. The summed E-state index contributed by atoms with van der Waals surface area (Å²) in [5.41, 5.74) is 1.35. The number of alkyl halides is 1. The Morgan fingerprint density at radius 2 is 2.07 bits per heavy atom. The maximum Gasteiger partial charge on any atom is 0.338 e. The van der Waals surface area contributed by atoms with Crippen molar-refractivity contribution in [3.63, 3.8) is 0 Å². The molecule has 0 unspecified atom stereocenters. The Hall–Kier alpha value is -0.550. The van der Waals surface area contributed by atoms with E-state index in [1.54, 1.807) is 19.2 Å². The van der Waals surface area contributed by atoms with E-state index in [2.05, 4.69) is 36.6 Å². The molecule has 15 heavy (non-hydrogen) atoms. The molecule has 0 saturated heterocycles. The quantitative estimate of drug-likeness (QED) is 0.628. The molecule has 0 aliphatic carbocycles. The molecule has 1 rings (SSSR count). The molecule has 0 aliphatic heterocycles. The molecule has 1 aromatic carbocycles. The van der Waals surface area contributed by atoms with Gasteiger partial charge in [0.15, 0.2) is 0 Å². The average molecular weight is 338 g/mol. The van der Waals surface area contributed by atoms with Crippen molar-refractivity contribution in [2.24, 2.45) is 0 Å². The molecule has 1 aromatic rings. The summed E-state index contributed by atoms with van der Waals surface area (Å²) in [6.45, 7) is 0. The van der Waals surface area contributed by atoms with E-state index in [1.165, 1.54) is 7.11 Å². The van der Waals surface area contributed by atoms with Gasteiger partial charge in [-0.15, -0.1) is 0 Å². The number of esters is 1. The van der Waals surface area contributed by atoms with Crippen molar-refractivity contribution >= 4 is 37.8 Å². The number of hydrogen-bond donors (Lipinski definition) is 0. The summed E-state index contributed by atoms with van der Waals surface area (Å²) in [6.07, 6.45) is 0. The Balaban J connectivity index is 3.30. The molecule has 0 amide bonds. The van der Waals surface area contributed by atoms with Crippen molar-refractivity contribution in [3.05, 3.63) is 27.7 Å². The topological polar surface area (TPSA) is 35.5 Å². The summed E-state index contributed by atoms with van der Waals surface area (Å²) < 4.78 is 10.6. The lowest BCUT2D eigenvalue weighted by Gasteiger charge is -2.11. The van der Waals surface area contributed by atoms with Crippen LogP contribution in [0.25, 0.3) is 0 Å². The molecule has 3 nitrogen and oxygen atoms in total. The number of methoxy groups -OCH3 is 2. The lowest BCUT2D eigenvalue weighted by atomic mass is 10.1. The smallest absolute Gasteiger partial charge is 0.338 e. The first-order chi connectivity index (χ1) is 7.15. The largest absolute Gasteiger partial charge is 0.496 e. The van der Waals surface area contributed by atoms with Gasteiger partial charge in [0.1, 0.15) is 5.75 Å². The molecule has 0 aromatic heterocycles. The molecular weight excluding hydrogens is 328 g/mol. The monoisotopic (exact) mass is 336 g/mol. The maximum atomic E-state index is 11.4. The molecule has 0 heterocycles. The second kappa shape index (κ2) is 5.51. The van der Waals surface area contributed by atoms with Gasteiger partial charge in [0.2, 0.25) is 0 Å². The van der Waals surface area contributed by atoms with Gasteiger partial charge in [0.05, 0.1) is 24.3 Å². The number of carbonyl (C=O) groups is 1. The minimum atomic E-state index is -0.354. The highest BCUT2D eigenvalue weighted by Crippen LogP contribution is 2.32. The molecule has 0 fully saturated rings. The fourth-order valence-corrected chi connectivity index (χ4v) is 2.80. The highest BCUT2D eigenvalue weighted by Gasteiger charge is 2.16. The number of rotatable bonds is 3. The molecule has 0 N–H and O–H groups in total. The van der Waals surface area contributed by atoms with Gasteiger partial charge in [0, 0.05) is 5.33 Å². The second-order valence-electron chi connectivity index (χ2n) is 2.73. The van der Waals surface area contributed by atoms with Crippen LogP contribution in [0.1, 0.15) is 15.9 Å². The first-order valence-corrected chi connectivity index (χ1v) is 6.06.